The van der Waals surface area contributed by atoms with Gasteiger partial charge in [-0.15, -0.1) is 11.3 Å². The number of benzene rings is 2. The van der Waals surface area contributed by atoms with Crippen molar-refractivity contribution in [1.29, 1.82) is 0 Å². The maximum atomic E-state index is 5.85. The molecule has 1 heterocycles. The third kappa shape index (κ3) is 2.04. The van der Waals surface area contributed by atoms with E-state index in [4.69, 9.17) is 10.5 Å². The number of nitrogens with two attached hydrogens (primary N) is 1. The van der Waals surface area contributed by atoms with Gasteiger partial charge in [0.05, 0.1) is 11.8 Å². The molecule has 0 aliphatic carbocycles. The van der Waals surface area contributed by atoms with Crippen molar-refractivity contribution in [3.05, 3.63) is 42.0 Å². The Morgan fingerprint density at radius 2 is 2.05 bits per heavy atom. The zero-order valence-electron chi connectivity index (χ0n) is 10.8. The summed E-state index contributed by atoms with van der Waals surface area (Å²) in [5.74, 6) is 0.812. The largest absolute Gasteiger partial charge is 0.494 e. The molecule has 0 aliphatic heterocycles. The zero-order chi connectivity index (χ0) is 13.4. The lowest BCUT2D eigenvalue weighted by molar-refractivity contribution is 0.419. The second-order valence-corrected chi connectivity index (χ2v) is 5.43. The number of rotatable bonds is 2. The lowest BCUT2D eigenvalue weighted by Crippen LogP contribution is -1.89. The molecule has 3 rings (SSSR count). The van der Waals surface area contributed by atoms with Gasteiger partial charge in [0.25, 0.3) is 0 Å². The fourth-order valence-electron chi connectivity index (χ4n) is 2.02. The van der Waals surface area contributed by atoms with Gasteiger partial charge in [0, 0.05) is 11.3 Å². The van der Waals surface area contributed by atoms with E-state index in [0.717, 1.165) is 37.8 Å². The molecule has 0 radical (unpaired) electrons. The number of ether oxygens (including phenoxy) is 1. The summed E-state index contributed by atoms with van der Waals surface area (Å²) in [6, 6.07) is 12.0. The predicted molar refractivity (Wildman–Crippen MR) is 80.8 cm³/mol. The first kappa shape index (κ1) is 12.0. The SMILES string of the molecule is COc1cccc2sc(-c3ccc(N)c(C)c3)nc12. The van der Waals surface area contributed by atoms with Crippen molar-refractivity contribution in [2.24, 2.45) is 0 Å². The molecule has 3 nitrogen and oxygen atoms in total. The maximum Gasteiger partial charge on any atom is 0.145 e. The summed E-state index contributed by atoms with van der Waals surface area (Å²) in [6.45, 7) is 2.01. The maximum absolute atomic E-state index is 5.85. The number of anilines is 1. The molecular weight excluding hydrogens is 256 g/mol. The molecule has 96 valence electrons. The summed E-state index contributed by atoms with van der Waals surface area (Å²) < 4.78 is 6.47. The van der Waals surface area contributed by atoms with Crippen molar-refractivity contribution in [2.75, 3.05) is 12.8 Å². The standard InChI is InChI=1S/C15H14N2OS/c1-9-8-10(6-7-11(9)16)15-17-14-12(18-2)4-3-5-13(14)19-15/h3-8H,16H2,1-2H3. The van der Waals surface area contributed by atoms with Gasteiger partial charge in [-0.1, -0.05) is 6.07 Å². The van der Waals surface area contributed by atoms with E-state index in [1.807, 2.05) is 31.2 Å². The summed E-state index contributed by atoms with van der Waals surface area (Å²) in [5.41, 5.74) is 9.74. The van der Waals surface area contributed by atoms with Crippen LogP contribution < -0.4 is 10.5 Å². The molecule has 0 aliphatic rings. The quantitative estimate of drug-likeness (QED) is 0.719. The van der Waals surface area contributed by atoms with Gasteiger partial charge in [-0.2, -0.15) is 0 Å². The van der Waals surface area contributed by atoms with Crippen LogP contribution in [0.25, 0.3) is 20.8 Å². The number of nitrogens with zero attached hydrogens (tertiary/aromatic N) is 1. The molecular formula is C15H14N2OS. The van der Waals surface area contributed by atoms with Gasteiger partial charge >= 0.3 is 0 Å². The highest BCUT2D eigenvalue weighted by Crippen LogP contribution is 2.35. The number of thiazole rings is 1. The van der Waals surface area contributed by atoms with E-state index in [9.17, 15) is 0 Å². The van der Waals surface area contributed by atoms with Crippen LogP contribution in [0.2, 0.25) is 0 Å². The Morgan fingerprint density at radius 3 is 2.79 bits per heavy atom. The first-order valence-corrected chi connectivity index (χ1v) is 6.81. The molecule has 2 aromatic carbocycles. The summed E-state index contributed by atoms with van der Waals surface area (Å²) >= 11 is 1.66. The third-order valence-corrected chi connectivity index (χ3v) is 4.19. The first-order valence-electron chi connectivity index (χ1n) is 5.99. The molecule has 0 unspecified atom stereocenters. The minimum Gasteiger partial charge on any atom is -0.494 e. The number of aryl methyl sites for hydroxylation is 1. The fourth-order valence-corrected chi connectivity index (χ4v) is 3.00. The van der Waals surface area contributed by atoms with Crippen LogP contribution in [0.15, 0.2) is 36.4 Å². The molecule has 0 bridgehead atoms. The molecule has 3 aromatic rings. The summed E-state index contributed by atoms with van der Waals surface area (Å²) in [7, 11) is 1.67. The molecule has 0 atom stereocenters. The van der Waals surface area contributed by atoms with E-state index in [2.05, 4.69) is 17.1 Å². The molecule has 19 heavy (non-hydrogen) atoms. The Labute approximate surface area is 115 Å². The highest BCUT2D eigenvalue weighted by Gasteiger charge is 2.10. The van der Waals surface area contributed by atoms with Gasteiger partial charge in [0.1, 0.15) is 16.3 Å². The van der Waals surface area contributed by atoms with Crippen LogP contribution in [0.1, 0.15) is 5.56 Å². The Bertz CT molecular complexity index is 749. The fraction of sp³-hybridized carbons (Fsp3) is 0.133. The van der Waals surface area contributed by atoms with Crippen LogP contribution in [-0.4, -0.2) is 12.1 Å². The van der Waals surface area contributed by atoms with Gasteiger partial charge < -0.3 is 10.5 Å². The van der Waals surface area contributed by atoms with Crippen molar-refractivity contribution in [3.8, 4) is 16.3 Å². The van der Waals surface area contributed by atoms with E-state index in [1.54, 1.807) is 18.4 Å². The van der Waals surface area contributed by atoms with Crippen LogP contribution in [0.4, 0.5) is 5.69 Å². The first-order chi connectivity index (χ1) is 9.19. The van der Waals surface area contributed by atoms with E-state index in [-0.39, 0.29) is 0 Å². The van der Waals surface area contributed by atoms with Crippen molar-refractivity contribution >= 4 is 27.2 Å². The number of fused-ring (bicyclic) bond motifs is 1. The van der Waals surface area contributed by atoms with Gasteiger partial charge in [0.2, 0.25) is 0 Å². The molecule has 0 saturated carbocycles. The topological polar surface area (TPSA) is 48.1 Å². The van der Waals surface area contributed by atoms with E-state index >= 15 is 0 Å². The number of para-hydroxylation sites is 1. The minimum atomic E-state index is 0.808. The predicted octanol–water partition coefficient (Wildman–Crippen LogP) is 3.86. The van der Waals surface area contributed by atoms with Crippen LogP contribution >= 0.6 is 11.3 Å². The summed E-state index contributed by atoms with van der Waals surface area (Å²) in [5, 5.41) is 0.989. The minimum absolute atomic E-state index is 0.808. The van der Waals surface area contributed by atoms with Gasteiger partial charge in [-0.3, -0.25) is 0 Å². The second-order valence-electron chi connectivity index (χ2n) is 4.40. The normalized spacial score (nSPS) is 10.8. The Balaban J connectivity index is 2.17. The van der Waals surface area contributed by atoms with Crippen molar-refractivity contribution < 1.29 is 4.74 Å². The second kappa shape index (κ2) is 4.55. The van der Waals surface area contributed by atoms with Crippen LogP contribution in [-0.2, 0) is 0 Å². The molecule has 0 fully saturated rings. The van der Waals surface area contributed by atoms with Gasteiger partial charge in [0.15, 0.2) is 0 Å². The van der Waals surface area contributed by atoms with Crippen molar-refractivity contribution in [3.63, 3.8) is 0 Å². The highest BCUT2D eigenvalue weighted by atomic mass is 32.1. The monoisotopic (exact) mass is 270 g/mol. The molecule has 4 heteroatoms. The van der Waals surface area contributed by atoms with Crippen molar-refractivity contribution in [2.45, 2.75) is 6.92 Å². The average molecular weight is 270 g/mol. The summed E-state index contributed by atoms with van der Waals surface area (Å²) in [6.07, 6.45) is 0. The Kier molecular flexibility index (Phi) is 2.87. The van der Waals surface area contributed by atoms with E-state index < -0.39 is 0 Å². The smallest absolute Gasteiger partial charge is 0.145 e. The highest BCUT2D eigenvalue weighted by molar-refractivity contribution is 7.21. The molecule has 0 amide bonds. The molecule has 1 aromatic heterocycles. The van der Waals surface area contributed by atoms with Gasteiger partial charge in [-0.25, -0.2) is 4.98 Å². The average Bonchev–Trinajstić information content (AvgIpc) is 2.85. The number of nitrogen functional groups attached to an aromatic ring is 1. The Hall–Kier alpha value is -2.07. The van der Waals surface area contributed by atoms with Crippen LogP contribution in [0.3, 0.4) is 0 Å². The van der Waals surface area contributed by atoms with Crippen LogP contribution in [0.5, 0.6) is 5.75 Å². The third-order valence-electron chi connectivity index (χ3n) is 3.12. The molecule has 0 spiro atoms. The number of hydrogen-bond acceptors (Lipinski definition) is 4. The number of methoxy groups -OCH3 is 1. The Morgan fingerprint density at radius 1 is 1.21 bits per heavy atom. The zero-order valence-corrected chi connectivity index (χ0v) is 11.6. The number of hydrogen-bond donors (Lipinski definition) is 1. The molecule has 0 saturated heterocycles. The van der Waals surface area contributed by atoms with E-state index in [0.29, 0.717) is 0 Å². The summed E-state index contributed by atoms with van der Waals surface area (Å²) in [4.78, 5) is 4.68. The number of aromatic nitrogens is 1. The lowest BCUT2D eigenvalue weighted by Gasteiger charge is -2.01. The van der Waals surface area contributed by atoms with Crippen LogP contribution in [0, 0.1) is 6.92 Å². The van der Waals surface area contributed by atoms with Crippen molar-refractivity contribution in [1.82, 2.24) is 4.98 Å². The molecule has 2 N–H and O–H groups in total. The lowest BCUT2D eigenvalue weighted by atomic mass is 10.1. The van der Waals surface area contributed by atoms with Gasteiger partial charge in [-0.05, 0) is 42.8 Å². The van der Waals surface area contributed by atoms with E-state index in [1.165, 1.54) is 0 Å².